The zero-order chi connectivity index (χ0) is 13.9. The average molecular weight is 274 g/mol. The van der Waals surface area contributed by atoms with Crippen molar-refractivity contribution < 1.29 is 23.0 Å². The highest BCUT2D eigenvalue weighted by Crippen LogP contribution is 2.38. The van der Waals surface area contributed by atoms with Crippen LogP contribution in [0.2, 0.25) is 0 Å². The number of ether oxygens (including phenoxy) is 1. The fraction of sp³-hybridized carbons (Fsp3) is 0.571. The van der Waals surface area contributed by atoms with Gasteiger partial charge in [-0.15, -0.1) is 0 Å². The topological polar surface area (TPSA) is 29.5 Å². The van der Waals surface area contributed by atoms with Gasteiger partial charge in [0.05, 0.1) is 6.61 Å². The second-order valence-electron chi connectivity index (χ2n) is 4.99. The lowest BCUT2D eigenvalue weighted by molar-refractivity contribution is -0.139. The number of hydrogen-bond acceptors (Lipinski definition) is 2. The molecular formula is C14H17F3O2. The van der Waals surface area contributed by atoms with Gasteiger partial charge in [0.15, 0.2) is 0 Å². The van der Waals surface area contributed by atoms with E-state index in [1.807, 2.05) is 0 Å². The molecular weight excluding hydrogens is 257 g/mol. The molecule has 2 nitrogen and oxygen atoms in total. The molecule has 0 aliphatic heterocycles. The monoisotopic (exact) mass is 274 g/mol. The molecule has 0 unspecified atom stereocenters. The summed E-state index contributed by atoms with van der Waals surface area (Å²) < 4.78 is 43.7. The van der Waals surface area contributed by atoms with Crippen molar-refractivity contribution in [3.8, 4) is 11.5 Å². The predicted molar refractivity (Wildman–Crippen MR) is 65.2 cm³/mol. The maximum absolute atomic E-state index is 12.8. The van der Waals surface area contributed by atoms with E-state index in [-0.39, 0.29) is 5.75 Å². The predicted octanol–water partition coefficient (Wildman–Crippen LogP) is 4.37. The Hall–Kier alpha value is -1.39. The quantitative estimate of drug-likeness (QED) is 0.886. The van der Waals surface area contributed by atoms with Crippen LogP contribution in [-0.4, -0.2) is 11.7 Å². The second-order valence-corrected chi connectivity index (χ2v) is 4.99. The lowest BCUT2D eigenvalue weighted by atomic mass is 9.90. The molecule has 1 fully saturated rings. The second kappa shape index (κ2) is 5.72. The Kier molecular flexibility index (Phi) is 4.22. The first-order valence-corrected chi connectivity index (χ1v) is 6.50. The van der Waals surface area contributed by atoms with Gasteiger partial charge in [-0.2, -0.15) is 13.2 Å². The lowest BCUT2D eigenvalue weighted by Gasteiger charge is -2.22. The van der Waals surface area contributed by atoms with Gasteiger partial charge in [-0.3, -0.25) is 0 Å². The van der Waals surface area contributed by atoms with Crippen LogP contribution in [-0.2, 0) is 6.18 Å². The summed E-state index contributed by atoms with van der Waals surface area (Å²) in [6, 6.07) is 3.10. The minimum absolute atomic E-state index is 0.198. The van der Waals surface area contributed by atoms with E-state index in [9.17, 15) is 13.2 Å². The van der Waals surface area contributed by atoms with E-state index in [1.54, 1.807) is 0 Å². The maximum atomic E-state index is 12.8. The highest BCUT2D eigenvalue weighted by Gasteiger charge is 2.35. The van der Waals surface area contributed by atoms with Crippen LogP contribution in [0.4, 0.5) is 13.2 Å². The highest BCUT2D eigenvalue weighted by molar-refractivity contribution is 5.41. The van der Waals surface area contributed by atoms with Gasteiger partial charge in [-0.05, 0) is 37.0 Å². The molecule has 1 N–H and O–H groups in total. The van der Waals surface area contributed by atoms with Crippen molar-refractivity contribution in [3.63, 3.8) is 0 Å². The van der Waals surface area contributed by atoms with Gasteiger partial charge in [-0.25, -0.2) is 0 Å². The van der Waals surface area contributed by atoms with E-state index in [2.05, 4.69) is 0 Å². The SMILES string of the molecule is Oc1ccc(OCC2CCCCC2)c(C(F)(F)F)c1. The van der Waals surface area contributed by atoms with Gasteiger partial charge in [0.2, 0.25) is 0 Å². The van der Waals surface area contributed by atoms with Gasteiger partial charge in [0.1, 0.15) is 17.1 Å². The molecule has 0 amide bonds. The molecule has 1 aliphatic carbocycles. The Morgan fingerprint density at radius 3 is 2.47 bits per heavy atom. The molecule has 0 spiro atoms. The van der Waals surface area contributed by atoms with Crippen LogP contribution in [0, 0.1) is 5.92 Å². The van der Waals surface area contributed by atoms with Gasteiger partial charge < -0.3 is 9.84 Å². The molecule has 0 bridgehead atoms. The zero-order valence-corrected chi connectivity index (χ0v) is 10.5. The van der Waals surface area contributed by atoms with E-state index >= 15 is 0 Å². The summed E-state index contributed by atoms with van der Waals surface area (Å²) in [6.07, 6.45) is 0.953. The summed E-state index contributed by atoms with van der Waals surface area (Å²) in [5.41, 5.74) is -0.914. The molecule has 2 rings (SSSR count). The van der Waals surface area contributed by atoms with Crippen molar-refractivity contribution in [1.82, 2.24) is 0 Å². The van der Waals surface area contributed by atoms with Gasteiger partial charge in [0, 0.05) is 0 Å². The molecule has 0 heterocycles. The molecule has 1 aromatic rings. The van der Waals surface area contributed by atoms with Crippen LogP contribution < -0.4 is 4.74 Å². The van der Waals surface area contributed by atoms with Crippen LogP contribution in [0.5, 0.6) is 11.5 Å². The Morgan fingerprint density at radius 2 is 1.84 bits per heavy atom. The molecule has 5 heteroatoms. The molecule has 19 heavy (non-hydrogen) atoms. The summed E-state index contributed by atoms with van der Waals surface area (Å²) in [7, 11) is 0. The lowest BCUT2D eigenvalue weighted by Crippen LogP contribution is -2.17. The van der Waals surface area contributed by atoms with Crippen molar-refractivity contribution in [1.29, 1.82) is 0 Å². The molecule has 1 saturated carbocycles. The third-order valence-electron chi connectivity index (χ3n) is 3.47. The molecule has 0 atom stereocenters. The van der Waals surface area contributed by atoms with Gasteiger partial charge >= 0.3 is 6.18 Å². The summed E-state index contributed by atoms with van der Waals surface area (Å²) in [6.45, 7) is 0.313. The summed E-state index contributed by atoms with van der Waals surface area (Å²) in [5, 5.41) is 9.16. The average Bonchev–Trinajstić information content (AvgIpc) is 2.37. The van der Waals surface area contributed by atoms with E-state index in [4.69, 9.17) is 9.84 Å². The van der Waals surface area contributed by atoms with E-state index in [0.717, 1.165) is 25.7 Å². The summed E-state index contributed by atoms with van der Waals surface area (Å²) in [4.78, 5) is 0. The standard InChI is InChI=1S/C14H17F3O2/c15-14(16,17)12-8-11(18)6-7-13(12)19-9-10-4-2-1-3-5-10/h6-8,10,18H,1-5,9H2. The van der Waals surface area contributed by atoms with E-state index in [1.165, 1.54) is 18.6 Å². The van der Waals surface area contributed by atoms with Crippen molar-refractivity contribution >= 4 is 0 Å². The van der Waals surface area contributed by atoms with Crippen LogP contribution >= 0.6 is 0 Å². The van der Waals surface area contributed by atoms with Crippen molar-refractivity contribution in [2.45, 2.75) is 38.3 Å². The zero-order valence-electron chi connectivity index (χ0n) is 10.5. The van der Waals surface area contributed by atoms with Gasteiger partial charge in [0.25, 0.3) is 0 Å². The van der Waals surface area contributed by atoms with Crippen LogP contribution in [0.1, 0.15) is 37.7 Å². The van der Waals surface area contributed by atoms with Crippen LogP contribution in [0.25, 0.3) is 0 Å². The number of halogens is 3. The Labute approximate surface area is 110 Å². The third-order valence-corrected chi connectivity index (χ3v) is 3.47. The van der Waals surface area contributed by atoms with Gasteiger partial charge in [-0.1, -0.05) is 19.3 Å². The Morgan fingerprint density at radius 1 is 1.16 bits per heavy atom. The minimum atomic E-state index is -4.51. The van der Waals surface area contributed by atoms with E-state index < -0.39 is 17.5 Å². The normalized spacial score (nSPS) is 17.4. The number of alkyl halides is 3. The Bertz CT molecular complexity index is 423. The largest absolute Gasteiger partial charge is 0.508 e. The van der Waals surface area contributed by atoms with Crippen LogP contribution in [0.15, 0.2) is 18.2 Å². The number of rotatable bonds is 3. The summed E-state index contributed by atoms with van der Waals surface area (Å²) >= 11 is 0. The molecule has 0 radical (unpaired) electrons. The number of hydrogen-bond donors (Lipinski definition) is 1. The summed E-state index contributed by atoms with van der Waals surface area (Å²) in [5.74, 6) is -0.267. The van der Waals surface area contributed by atoms with Crippen LogP contribution in [0.3, 0.4) is 0 Å². The molecule has 1 aromatic carbocycles. The fourth-order valence-electron chi connectivity index (χ4n) is 2.43. The van der Waals surface area contributed by atoms with Crippen molar-refractivity contribution in [2.24, 2.45) is 5.92 Å². The number of aromatic hydroxyl groups is 1. The first kappa shape index (κ1) is 14.0. The smallest absolute Gasteiger partial charge is 0.420 e. The Balaban J connectivity index is 2.06. The van der Waals surface area contributed by atoms with Crippen molar-refractivity contribution in [2.75, 3.05) is 6.61 Å². The van der Waals surface area contributed by atoms with E-state index in [0.29, 0.717) is 18.6 Å². The first-order valence-electron chi connectivity index (χ1n) is 6.50. The highest BCUT2D eigenvalue weighted by atomic mass is 19.4. The maximum Gasteiger partial charge on any atom is 0.420 e. The molecule has 0 aromatic heterocycles. The van der Waals surface area contributed by atoms with Crippen molar-refractivity contribution in [3.05, 3.63) is 23.8 Å². The number of phenols is 1. The molecule has 106 valence electrons. The minimum Gasteiger partial charge on any atom is -0.508 e. The first-order chi connectivity index (χ1) is 8.97. The number of phenolic OH excluding ortho intramolecular Hbond substituents is 1. The fourth-order valence-corrected chi connectivity index (χ4v) is 2.43. The molecule has 1 aliphatic rings. The number of benzene rings is 1. The third kappa shape index (κ3) is 3.78. The molecule has 0 saturated heterocycles.